The molecule has 0 radical (unpaired) electrons. The highest BCUT2D eigenvalue weighted by Gasteiger charge is 2.88. The SMILES string of the molecule is CO/C(=C(/F)C(F)(F)C(F)(F)C(F)(F)C(F)(F)C(F)(F)F)C(F)(F)F. The minimum atomic E-state index is -8.04. The van der Waals surface area contributed by atoms with Gasteiger partial charge in [0.05, 0.1) is 7.11 Å². The van der Waals surface area contributed by atoms with Crippen molar-refractivity contribution in [1.82, 2.24) is 0 Å². The molecule has 0 rings (SSSR count). The molecule has 0 aromatic carbocycles. The highest BCUT2D eigenvalue weighted by Crippen LogP contribution is 2.59. The molecule has 0 aromatic rings. The van der Waals surface area contributed by atoms with Crippen molar-refractivity contribution in [3.8, 4) is 0 Å². The fraction of sp³-hybridized carbons (Fsp3) is 0.778. The number of halogens is 15. The van der Waals surface area contributed by atoms with Gasteiger partial charge in [0, 0.05) is 0 Å². The van der Waals surface area contributed by atoms with Gasteiger partial charge < -0.3 is 4.74 Å². The molecule has 150 valence electrons. The van der Waals surface area contributed by atoms with Gasteiger partial charge in [0.1, 0.15) is 0 Å². The molecule has 0 unspecified atom stereocenters. The van der Waals surface area contributed by atoms with Crippen LogP contribution in [0, 0.1) is 0 Å². The summed E-state index contributed by atoms with van der Waals surface area (Å²) in [7, 11) is -0.237. The van der Waals surface area contributed by atoms with Gasteiger partial charge in [-0.25, -0.2) is 4.39 Å². The molecule has 0 fully saturated rings. The Morgan fingerprint density at radius 2 is 0.960 bits per heavy atom. The van der Waals surface area contributed by atoms with Crippen LogP contribution in [0.1, 0.15) is 0 Å². The monoisotopic (exact) mass is 412 g/mol. The highest BCUT2D eigenvalue weighted by molar-refractivity contribution is 5.22. The Morgan fingerprint density at radius 1 is 0.600 bits per heavy atom. The number of ether oxygens (including phenoxy) is 1. The number of methoxy groups -OCH3 is 1. The van der Waals surface area contributed by atoms with E-state index in [1.165, 1.54) is 0 Å². The first-order valence-electron chi connectivity index (χ1n) is 5.20. The average molecular weight is 412 g/mol. The minimum Gasteiger partial charge on any atom is -0.490 e. The van der Waals surface area contributed by atoms with Crippen molar-refractivity contribution in [2.45, 2.75) is 36.0 Å². The largest absolute Gasteiger partial charge is 0.490 e. The first-order valence-corrected chi connectivity index (χ1v) is 5.20. The predicted molar refractivity (Wildman–Crippen MR) is 47.0 cm³/mol. The Kier molecular flexibility index (Phi) is 5.67. The molecule has 0 saturated heterocycles. The Morgan fingerprint density at radius 3 is 1.20 bits per heavy atom. The number of hydrogen-bond donors (Lipinski definition) is 0. The number of rotatable bonds is 5. The van der Waals surface area contributed by atoms with Crippen molar-refractivity contribution >= 4 is 0 Å². The first kappa shape index (κ1) is 23.5. The van der Waals surface area contributed by atoms with E-state index in [9.17, 15) is 65.9 Å². The maximum absolute atomic E-state index is 13.0. The standard InChI is InChI=1S/C9H3F15O/c1-25-3(5(13,14)15)2(10)4(11,12)6(16,17)7(18,19)8(20,21)9(22,23)24/h1H3/b3-2+. The Bertz CT molecular complexity index is 522. The lowest BCUT2D eigenvalue weighted by molar-refractivity contribution is -0.419. The molecular formula is C9H3F15O. The van der Waals surface area contributed by atoms with Gasteiger partial charge >= 0.3 is 36.0 Å². The highest BCUT2D eigenvalue weighted by atomic mass is 19.4. The fourth-order valence-corrected chi connectivity index (χ4v) is 1.18. The normalized spacial score (nSPS) is 16.6. The summed E-state index contributed by atoms with van der Waals surface area (Å²) >= 11 is 0. The summed E-state index contributed by atoms with van der Waals surface area (Å²) < 4.78 is 190. The van der Waals surface area contributed by atoms with E-state index in [2.05, 4.69) is 4.74 Å². The fourth-order valence-electron chi connectivity index (χ4n) is 1.18. The number of allylic oxidation sites excluding steroid dienone is 2. The van der Waals surface area contributed by atoms with Crippen molar-refractivity contribution in [3.05, 3.63) is 11.6 Å². The maximum Gasteiger partial charge on any atom is 0.460 e. The third-order valence-electron chi connectivity index (χ3n) is 2.48. The molecule has 0 amide bonds. The van der Waals surface area contributed by atoms with Crippen molar-refractivity contribution < 1.29 is 70.6 Å². The molecule has 0 saturated carbocycles. The second-order valence-electron chi connectivity index (χ2n) is 4.14. The van der Waals surface area contributed by atoms with Crippen molar-refractivity contribution in [2.24, 2.45) is 0 Å². The van der Waals surface area contributed by atoms with Crippen LogP contribution in [0.2, 0.25) is 0 Å². The van der Waals surface area contributed by atoms with E-state index in [1.54, 1.807) is 0 Å². The zero-order valence-corrected chi connectivity index (χ0v) is 11.1. The van der Waals surface area contributed by atoms with Gasteiger partial charge in [-0.1, -0.05) is 0 Å². The molecule has 1 nitrogen and oxygen atoms in total. The van der Waals surface area contributed by atoms with Gasteiger partial charge in [-0.2, -0.15) is 61.5 Å². The Labute approximate surface area is 127 Å². The summed E-state index contributed by atoms with van der Waals surface area (Å²) in [4.78, 5) is 0. The third kappa shape index (κ3) is 3.43. The minimum absolute atomic E-state index is 0.237. The molecule has 0 spiro atoms. The van der Waals surface area contributed by atoms with Crippen LogP contribution in [0.5, 0.6) is 0 Å². The molecule has 0 heterocycles. The molecule has 0 aliphatic heterocycles. The van der Waals surface area contributed by atoms with Gasteiger partial charge in [-0.15, -0.1) is 0 Å². The molecular weight excluding hydrogens is 409 g/mol. The first-order chi connectivity index (χ1) is 10.6. The summed E-state index contributed by atoms with van der Waals surface area (Å²) in [5.74, 6) is -39.4. The van der Waals surface area contributed by atoms with E-state index in [1.807, 2.05) is 0 Å². The number of alkyl halides is 14. The summed E-state index contributed by atoms with van der Waals surface area (Å²) in [6.45, 7) is 0. The molecule has 16 heteroatoms. The lowest BCUT2D eigenvalue weighted by Gasteiger charge is -2.36. The van der Waals surface area contributed by atoms with Crippen LogP contribution in [0.15, 0.2) is 11.6 Å². The second-order valence-corrected chi connectivity index (χ2v) is 4.14. The molecule has 0 atom stereocenters. The van der Waals surface area contributed by atoms with Gasteiger partial charge in [0.2, 0.25) is 11.6 Å². The molecule has 0 aliphatic carbocycles. The summed E-state index contributed by atoms with van der Waals surface area (Å²) in [5, 5.41) is 0. The Balaban J connectivity index is 6.55. The lowest BCUT2D eigenvalue weighted by atomic mass is 9.96. The van der Waals surface area contributed by atoms with E-state index >= 15 is 0 Å². The second kappa shape index (κ2) is 6.03. The van der Waals surface area contributed by atoms with E-state index < -0.39 is 47.6 Å². The van der Waals surface area contributed by atoms with E-state index in [4.69, 9.17) is 0 Å². The lowest BCUT2D eigenvalue weighted by Crippen LogP contribution is -2.66. The van der Waals surface area contributed by atoms with Crippen LogP contribution in [0.3, 0.4) is 0 Å². The van der Waals surface area contributed by atoms with Gasteiger partial charge in [-0.3, -0.25) is 0 Å². The topological polar surface area (TPSA) is 9.23 Å². The van der Waals surface area contributed by atoms with E-state index in [-0.39, 0.29) is 7.11 Å². The molecule has 0 bridgehead atoms. The zero-order chi connectivity index (χ0) is 20.9. The van der Waals surface area contributed by atoms with Crippen molar-refractivity contribution in [2.75, 3.05) is 7.11 Å². The summed E-state index contributed by atoms with van der Waals surface area (Å²) in [5.41, 5.74) is 0. The van der Waals surface area contributed by atoms with Crippen LogP contribution in [-0.4, -0.2) is 43.2 Å². The van der Waals surface area contributed by atoms with Crippen LogP contribution < -0.4 is 0 Å². The van der Waals surface area contributed by atoms with Crippen molar-refractivity contribution in [1.29, 1.82) is 0 Å². The molecule has 25 heavy (non-hydrogen) atoms. The van der Waals surface area contributed by atoms with Gasteiger partial charge in [0.15, 0.2) is 0 Å². The van der Waals surface area contributed by atoms with Crippen LogP contribution in [0.25, 0.3) is 0 Å². The average Bonchev–Trinajstić information content (AvgIpc) is 2.35. The van der Waals surface area contributed by atoms with E-state index in [0.29, 0.717) is 0 Å². The smallest absolute Gasteiger partial charge is 0.460 e. The van der Waals surface area contributed by atoms with Crippen LogP contribution >= 0.6 is 0 Å². The molecule has 0 aromatic heterocycles. The van der Waals surface area contributed by atoms with Crippen molar-refractivity contribution in [3.63, 3.8) is 0 Å². The number of hydrogen-bond acceptors (Lipinski definition) is 1. The van der Waals surface area contributed by atoms with Crippen LogP contribution in [-0.2, 0) is 4.74 Å². The Hall–Kier alpha value is -1.51. The quantitative estimate of drug-likeness (QED) is 0.430. The molecule has 0 aliphatic rings. The van der Waals surface area contributed by atoms with Crippen LogP contribution in [0.4, 0.5) is 65.9 Å². The van der Waals surface area contributed by atoms with E-state index in [0.717, 1.165) is 0 Å². The summed E-state index contributed by atoms with van der Waals surface area (Å²) in [6.07, 6.45) is -13.9. The molecule has 0 N–H and O–H groups in total. The maximum atomic E-state index is 13.0. The summed E-state index contributed by atoms with van der Waals surface area (Å²) in [6, 6.07) is 0. The predicted octanol–water partition coefficient (Wildman–Crippen LogP) is 5.48. The third-order valence-corrected chi connectivity index (χ3v) is 2.48. The van der Waals surface area contributed by atoms with Gasteiger partial charge in [0.25, 0.3) is 0 Å². The van der Waals surface area contributed by atoms with Gasteiger partial charge in [-0.05, 0) is 0 Å². The zero-order valence-electron chi connectivity index (χ0n) is 11.1.